The van der Waals surface area contributed by atoms with E-state index in [1.54, 1.807) is 6.20 Å². The first-order valence-corrected chi connectivity index (χ1v) is 7.08. The SMILES string of the molecule is CCNCc1ccnc(Oc2ccc(C)cc2Br)c1. The predicted octanol–water partition coefficient (Wildman–Crippen LogP) is 4.05. The number of aryl methyl sites for hydroxylation is 1. The standard InChI is InChI=1S/C15H17BrN2O/c1-3-17-10-12-6-7-18-15(9-12)19-14-5-4-11(2)8-13(14)16/h4-9,17H,3,10H2,1-2H3. The van der Waals surface area contributed by atoms with Crippen molar-refractivity contribution in [3.05, 3.63) is 52.1 Å². The van der Waals surface area contributed by atoms with Crippen molar-refractivity contribution in [3.8, 4) is 11.6 Å². The zero-order valence-electron chi connectivity index (χ0n) is 11.1. The van der Waals surface area contributed by atoms with Crippen molar-refractivity contribution in [1.82, 2.24) is 10.3 Å². The van der Waals surface area contributed by atoms with Crippen LogP contribution in [0.5, 0.6) is 11.6 Å². The van der Waals surface area contributed by atoms with Crippen LogP contribution in [0.2, 0.25) is 0 Å². The summed E-state index contributed by atoms with van der Waals surface area (Å²) in [7, 11) is 0. The lowest BCUT2D eigenvalue weighted by molar-refractivity contribution is 0.459. The van der Waals surface area contributed by atoms with E-state index < -0.39 is 0 Å². The molecule has 4 heteroatoms. The summed E-state index contributed by atoms with van der Waals surface area (Å²) < 4.78 is 6.74. The zero-order valence-corrected chi connectivity index (χ0v) is 12.7. The van der Waals surface area contributed by atoms with E-state index in [1.807, 2.05) is 37.3 Å². The van der Waals surface area contributed by atoms with E-state index in [0.717, 1.165) is 28.9 Å². The molecule has 0 spiro atoms. The summed E-state index contributed by atoms with van der Waals surface area (Å²) in [6, 6.07) is 9.92. The fraction of sp³-hybridized carbons (Fsp3) is 0.267. The Morgan fingerprint density at radius 3 is 2.84 bits per heavy atom. The average Bonchev–Trinajstić information content (AvgIpc) is 2.40. The Balaban J connectivity index is 2.14. The summed E-state index contributed by atoms with van der Waals surface area (Å²) in [4.78, 5) is 4.24. The number of rotatable bonds is 5. The van der Waals surface area contributed by atoms with Crippen LogP contribution < -0.4 is 10.1 Å². The minimum Gasteiger partial charge on any atom is -0.438 e. The minimum absolute atomic E-state index is 0.611. The molecule has 1 N–H and O–H groups in total. The second kappa shape index (κ2) is 6.68. The summed E-state index contributed by atoms with van der Waals surface area (Å²) in [5.41, 5.74) is 2.35. The van der Waals surface area contributed by atoms with Crippen molar-refractivity contribution in [2.24, 2.45) is 0 Å². The molecule has 0 saturated heterocycles. The quantitative estimate of drug-likeness (QED) is 0.902. The monoisotopic (exact) mass is 320 g/mol. The van der Waals surface area contributed by atoms with Gasteiger partial charge in [0.1, 0.15) is 5.75 Å². The Labute approximate surface area is 122 Å². The van der Waals surface area contributed by atoms with E-state index >= 15 is 0 Å². The number of halogens is 1. The number of hydrogen-bond acceptors (Lipinski definition) is 3. The van der Waals surface area contributed by atoms with E-state index in [1.165, 1.54) is 5.56 Å². The van der Waals surface area contributed by atoms with Gasteiger partial charge in [-0.15, -0.1) is 0 Å². The van der Waals surface area contributed by atoms with Crippen LogP contribution >= 0.6 is 15.9 Å². The summed E-state index contributed by atoms with van der Waals surface area (Å²) in [5.74, 6) is 1.39. The molecule has 1 heterocycles. The fourth-order valence-corrected chi connectivity index (χ4v) is 2.26. The van der Waals surface area contributed by atoms with Crippen molar-refractivity contribution >= 4 is 15.9 Å². The van der Waals surface area contributed by atoms with Crippen molar-refractivity contribution in [2.45, 2.75) is 20.4 Å². The van der Waals surface area contributed by atoms with E-state index in [4.69, 9.17) is 4.74 Å². The number of ether oxygens (including phenoxy) is 1. The Morgan fingerprint density at radius 1 is 1.26 bits per heavy atom. The lowest BCUT2D eigenvalue weighted by Crippen LogP contribution is -2.11. The van der Waals surface area contributed by atoms with Gasteiger partial charge >= 0.3 is 0 Å². The molecule has 0 unspecified atom stereocenters. The highest BCUT2D eigenvalue weighted by Gasteiger charge is 2.04. The molecule has 100 valence electrons. The smallest absolute Gasteiger partial charge is 0.219 e. The van der Waals surface area contributed by atoms with Gasteiger partial charge in [0, 0.05) is 18.8 Å². The van der Waals surface area contributed by atoms with Gasteiger partial charge in [0.25, 0.3) is 0 Å². The van der Waals surface area contributed by atoms with Crippen LogP contribution in [0, 0.1) is 6.92 Å². The molecular formula is C15H17BrN2O. The zero-order chi connectivity index (χ0) is 13.7. The molecule has 2 aromatic rings. The number of pyridine rings is 1. The molecule has 0 radical (unpaired) electrons. The van der Waals surface area contributed by atoms with Crippen molar-refractivity contribution in [2.75, 3.05) is 6.54 Å². The highest BCUT2D eigenvalue weighted by atomic mass is 79.9. The van der Waals surface area contributed by atoms with E-state index in [9.17, 15) is 0 Å². The Kier molecular flexibility index (Phi) is 4.93. The van der Waals surface area contributed by atoms with Crippen molar-refractivity contribution < 1.29 is 4.74 Å². The van der Waals surface area contributed by atoms with Gasteiger partial charge in [-0.2, -0.15) is 0 Å². The van der Waals surface area contributed by atoms with Crippen molar-refractivity contribution in [1.29, 1.82) is 0 Å². The Bertz CT molecular complexity index is 558. The lowest BCUT2D eigenvalue weighted by atomic mass is 10.2. The maximum Gasteiger partial charge on any atom is 0.219 e. The Hall–Kier alpha value is -1.39. The van der Waals surface area contributed by atoms with Gasteiger partial charge in [-0.1, -0.05) is 13.0 Å². The van der Waals surface area contributed by atoms with Gasteiger partial charge in [-0.3, -0.25) is 0 Å². The second-order valence-electron chi connectivity index (χ2n) is 4.32. The molecule has 0 fully saturated rings. The molecule has 0 amide bonds. The van der Waals surface area contributed by atoms with Crippen LogP contribution in [-0.4, -0.2) is 11.5 Å². The molecule has 0 aliphatic carbocycles. The van der Waals surface area contributed by atoms with Crippen LogP contribution in [0.15, 0.2) is 41.0 Å². The molecular weight excluding hydrogens is 304 g/mol. The first-order valence-electron chi connectivity index (χ1n) is 6.28. The maximum atomic E-state index is 5.80. The fourth-order valence-electron chi connectivity index (χ4n) is 1.69. The van der Waals surface area contributed by atoms with Gasteiger partial charge < -0.3 is 10.1 Å². The Morgan fingerprint density at radius 2 is 2.11 bits per heavy atom. The molecule has 0 aliphatic rings. The third kappa shape index (κ3) is 4.04. The van der Waals surface area contributed by atoms with E-state index in [2.05, 4.69) is 33.2 Å². The minimum atomic E-state index is 0.611. The average molecular weight is 321 g/mol. The van der Waals surface area contributed by atoms with Gasteiger partial charge in [-0.05, 0) is 58.7 Å². The summed E-state index contributed by atoms with van der Waals surface area (Å²) in [6.45, 7) is 5.90. The molecule has 0 saturated carbocycles. The first-order chi connectivity index (χ1) is 9.19. The number of aromatic nitrogens is 1. The second-order valence-corrected chi connectivity index (χ2v) is 5.17. The van der Waals surface area contributed by atoms with Gasteiger partial charge in [-0.25, -0.2) is 4.98 Å². The summed E-state index contributed by atoms with van der Waals surface area (Å²) in [6.07, 6.45) is 1.77. The highest BCUT2D eigenvalue weighted by molar-refractivity contribution is 9.10. The molecule has 2 rings (SSSR count). The normalized spacial score (nSPS) is 10.5. The third-order valence-electron chi connectivity index (χ3n) is 2.68. The molecule has 1 aromatic heterocycles. The number of hydrogen-bond donors (Lipinski definition) is 1. The maximum absolute atomic E-state index is 5.80. The first kappa shape index (κ1) is 14.0. The summed E-state index contributed by atoms with van der Waals surface area (Å²) >= 11 is 3.50. The van der Waals surface area contributed by atoms with Crippen LogP contribution in [0.3, 0.4) is 0 Å². The topological polar surface area (TPSA) is 34.2 Å². The van der Waals surface area contributed by atoms with Gasteiger partial charge in [0.15, 0.2) is 0 Å². The van der Waals surface area contributed by atoms with Crippen LogP contribution in [-0.2, 0) is 6.54 Å². The number of benzene rings is 1. The molecule has 19 heavy (non-hydrogen) atoms. The summed E-state index contributed by atoms with van der Waals surface area (Å²) in [5, 5.41) is 3.28. The van der Waals surface area contributed by atoms with E-state index in [-0.39, 0.29) is 0 Å². The molecule has 0 bridgehead atoms. The van der Waals surface area contributed by atoms with Crippen LogP contribution in [0.4, 0.5) is 0 Å². The lowest BCUT2D eigenvalue weighted by Gasteiger charge is -2.09. The number of nitrogens with one attached hydrogen (secondary N) is 1. The van der Waals surface area contributed by atoms with E-state index in [0.29, 0.717) is 5.88 Å². The highest BCUT2D eigenvalue weighted by Crippen LogP contribution is 2.29. The third-order valence-corrected chi connectivity index (χ3v) is 3.30. The van der Waals surface area contributed by atoms with Gasteiger partial charge in [0.05, 0.1) is 4.47 Å². The van der Waals surface area contributed by atoms with Crippen molar-refractivity contribution in [3.63, 3.8) is 0 Å². The number of nitrogens with zero attached hydrogens (tertiary/aromatic N) is 1. The predicted molar refractivity (Wildman–Crippen MR) is 80.6 cm³/mol. The molecule has 0 atom stereocenters. The van der Waals surface area contributed by atoms with Crippen LogP contribution in [0.25, 0.3) is 0 Å². The van der Waals surface area contributed by atoms with Gasteiger partial charge in [0.2, 0.25) is 5.88 Å². The molecule has 0 aliphatic heterocycles. The van der Waals surface area contributed by atoms with Crippen LogP contribution in [0.1, 0.15) is 18.1 Å². The molecule has 1 aromatic carbocycles. The molecule has 3 nitrogen and oxygen atoms in total. The largest absolute Gasteiger partial charge is 0.438 e.